The standard InChI is InChI=1S/C39H76N2O6/c1-5-8-11-18-24-34-46-38(43)28-20-14-12-16-22-31-41(33-25-30-40-37(42)35-45-4)32-23-17-13-15-21-29-39(44)47-36(26-10-7-3)27-19-9-6-2/h36H,5-35H2,1-4H3,(H,40,42). The summed E-state index contributed by atoms with van der Waals surface area (Å²) in [5.74, 6) is -0.121. The van der Waals surface area contributed by atoms with Crippen LogP contribution in [0.1, 0.15) is 181 Å². The molecule has 0 rings (SSSR count). The normalized spacial score (nSPS) is 11.9. The lowest BCUT2D eigenvalue weighted by molar-refractivity contribution is -0.150. The van der Waals surface area contributed by atoms with Gasteiger partial charge in [-0.25, -0.2) is 0 Å². The number of rotatable bonds is 36. The van der Waals surface area contributed by atoms with Crippen molar-refractivity contribution in [3.63, 3.8) is 0 Å². The topological polar surface area (TPSA) is 94.2 Å². The van der Waals surface area contributed by atoms with Crippen LogP contribution in [0.5, 0.6) is 0 Å². The highest BCUT2D eigenvalue weighted by molar-refractivity contribution is 5.77. The van der Waals surface area contributed by atoms with Gasteiger partial charge in [-0.15, -0.1) is 0 Å². The van der Waals surface area contributed by atoms with Gasteiger partial charge >= 0.3 is 11.9 Å². The zero-order valence-electron chi connectivity index (χ0n) is 31.4. The highest BCUT2D eigenvalue weighted by atomic mass is 16.5. The van der Waals surface area contributed by atoms with Crippen LogP contribution in [0.25, 0.3) is 0 Å². The van der Waals surface area contributed by atoms with E-state index < -0.39 is 0 Å². The molecular formula is C39H76N2O6. The number of hydrogen-bond acceptors (Lipinski definition) is 7. The highest BCUT2D eigenvalue weighted by Crippen LogP contribution is 2.16. The van der Waals surface area contributed by atoms with Gasteiger partial charge in [-0.1, -0.05) is 111 Å². The fraction of sp³-hybridized carbons (Fsp3) is 0.923. The fourth-order valence-corrected chi connectivity index (χ4v) is 5.84. The minimum atomic E-state index is -0.0632. The highest BCUT2D eigenvalue weighted by Gasteiger charge is 2.14. The smallest absolute Gasteiger partial charge is 0.306 e. The van der Waals surface area contributed by atoms with Gasteiger partial charge in [0, 0.05) is 26.5 Å². The average molecular weight is 669 g/mol. The van der Waals surface area contributed by atoms with Crippen LogP contribution in [0.3, 0.4) is 0 Å². The summed E-state index contributed by atoms with van der Waals surface area (Å²) in [6.45, 7) is 11.1. The summed E-state index contributed by atoms with van der Waals surface area (Å²) in [6.07, 6.45) is 26.7. The van der Waals surface area contributed by atoms with Gasteiger partial charge in [-0.2, -0.15) is 0 Å². The van der Waals surface area contributed by atoms with Gasteiger partial charge in [0.2, 0.25) is 5.91 Å². The molecule has 0 aliphatic heterocycles. The van der Waals surface area contributed by atoms with Crippen molar-refractivity contribution >= 4 is 17.8 Å². The van der Waals surface area contributed by atoms with E-state index >= 15 is 0 Å². The van der Waals surface area contributed by atoms with Crippen LogP contribution in [0, 0.1) is 0 Å². The molecule has 1 amide bonds. The van der Waals surface area contributed by atoms with Crippen molar-refractivity contribution in [2.45, 2.75) is 187 Å². The number of nitrogens with zero attached hydrogens (tertiary/aromatic N) is 1. The van der Waals surface area contributed by atoms with E-state index in [9.17, 15) is 14.4 Å². The third kappa shape index (κ3) is 32.6. The Labute approximate surface area is 290 Å². The molecule has 0 aromatic heterocycles. The van der Waals surface area contributed by atoms with E-state index in [4.69, 9.17) is 14.2 Å². The first-order valence-corrected chi connectivity index (χ1v) is 19.8. The Morgan fingerprint density at radius 2 is 1.09 bits per heavy atom. The number of amides is 1. The van der Waals surface area contributed by atoms with Gasteiger partial charge in [0.1, 0.15) is 12.7 Å². The molecule has 0 aliphatic rings. The zero-order chi connectivity index (χ0) is 34.6. The third-order valence-corrected chi connectivity index (χ3v) is 8.78. The van der Waals surface area contributed by atoms with Crippen molar-refractivity contribution in [2.24, 2.45) is 0 Å². The molecule has 278 valence electrons. The van der Waals surface area contributed by atoms with Crippen LogP contribution in [0.15, 0.2) is 0 Å². The van der Waals surface area contributed by atoms with E-state index in [0.29, 0.717) is 26.0 Å². The Bertz CT molecular complexity index is 720. The summed E-state index contributed by atoms with van der Waals surface area (Å²) in [7, 11) is 1.54. The second kappa shape index (κ2) is 35.6. The van der Waals surface area contributed by atoms with Crippen molar-refractivity contribution in [2.75, 3.05) is 46.5 Å². The number of esters is 2. The number of ether oxygens (including phenoxy) is 3. The first kappa shape index (κ1) is 45.3. The third-order valence-electron chi connectivity index (χ3n) is 8.78. The number of unbranched alkanes of at least 4 members (excludes halogenated alkanes) is 15. The van der Waals surface area contributed by atoms with Crippen molar-refractivity contribution in [1.29, 1.82) is 0 Å². The van der Waals surface area contributed by atoms with E-state index in [1.807, 2.05) is 0 Å². The van der Waals surface area contributed by atoms with Gasteiger partial charge in [-0.3, -0.25) is 14.4 Å². The molecule has 1 atom stereocenters. The largest absolute Gasteiger partial charge is 0.466 e. The molecule has 0 saturated carbocycles. The molecule has 8 heteroatoms. The Morgan fingerprint density at radius 1 is 0.574 bits per heavy atom. The molecule has 0 spiro atoms. The van der Waals surface area contributed by atoms with Crippen LogP contribution in [-0.2, 0) is 28.6 Å². The molecule has 47 heavy (non-hydrogen) atoms. The molecule has 1 N–H and O–H groups in total. The van der Waals surface area contributed by atoms with E-state index in [2.05, 4.69) is 31.0 Å². The monoisotopic (exact) mass is 669 g/mol. The summed E-state index contributed by atoms with van der Waals surface area (Å²) >= 11 is 0. The van der Waals surface area contributed by atoms with E-state index in [1.54, 1.807) is 0 Å². The Morgan fingerprint density at radius 3 is 1.72 bits per heavy atom. The van der Waals surface area contributed by atoms with Crippen molar-refractivity contribution < 1.29 is 28.6 Å². The van der Waals surface area contributed by atoms with E-state index in [0.717, 1.165) is 122 Å². The Kier molecular flexibility index (Phi) is 34.4. The van der Waals surface area contributed by atoms with Crippen LogP contribution in [0.2, 0.25) is 0 Å². The van der Waals surface area contributed by atoms with E-state index in [1.165, 1.54) is 52.1 Å². The molecular weight excluding hydrogens is 592 g/mol. The first-order valence-electron chi connectivity index (χ1n) is 19.8. The summed E-state index contributed by atoms with van der Waals surface area (Å²) in [5.41, 5.74) is 0. The molecule has 0 aromatic rings. The van der Waals surface area contributed by atoms with Crippen LogP contribution in [0.4, 0.5) is 0 Å². The number of carbonyl (C=O) groups is 3. The summed E-state index contributed by atoms with van der Waals surface area (Å²) in [5, 5.41) is 2.93. The van der Waals surface area contributed by atoms with Crippen molar-refractivity contribution in [3.8, 4) is 0 Å². The molecule has 0 bridgehead atoms. The predicted molar refractivity (Wildman–Crippen MR) is 195 cm³/mol. The van der Waals surface area contributed by atoms with Gasteiger partial charge in [0.15, 0.2) is 0 Å². The lowest BCUT2D eigenvalue weighted by Crippen LogP contribution is -2.32. The molecule has 0 fully saturated rings. The number of carbonyl (C=O) groups excluding carboxylic acids is 3. The number of methoxy groups -OCH3 is 1. The summed E-state index contributed by atoms with van der Waals surface area (Å²) < 4.78 is 16.1. The Hall–Kier alpha value is -1.67. The zero-order valence-corrected chi connectivity index (χ0v) is 31.4. The lowest BCUT2D eigenvalue weighted by atomic mass is 10.1. The second-order valence-corrected chi connectivity index (χ2v) is 13.4. The van der Waals surface area contributed by atoms with E-state index in [-0.39, 0.29) is 30.6 Å². The average Bonchev–Trinajstić information content (AvgIpc) is 3.05. The first-order chi connectivity index (χ1) is 23.0. The molecule has 0 aliphatic carbocycles. The summed E-state index contributed by atoms with van der Waals surface area (Å²) in [4.78, 5) is 38.6. The maximum Gasteiger partial charge on any atom is 0.306 e. The minimum absolute atomic E-state index is 0.0144. The molecule has 0 radical (unpaired) electrons. The molecule has 0 aromatic carbocycles. The molecule has 8 nitrogen and oxygen atoms in total. The van der Waals surface area contributed by atoms with Crippen LogP contribution in [-0.4, -0.2) is 75.4 Å². The van der Waals surface area contributed by atoms with Crippen LogP contribution >= 0.6 is 0 Å². The quantitative estimate of drug-likeness (QED) is 0.0525. The Balaban J connectivity index is 4.20. The molecule has 0 saturated heterocycles. The lowest BCUT2D eigenvalue weighted by Gasteiger charge is -2.22. The van der Waals surface area contributed by atoms with Gasteiger partial charge in [-0.05, 0) is 77.4 Å². The SMILES string of the molecule is CCCCCCCOC(=O)CCCCCCCN(CCCCCCCC(=O)OC(CCCC)CCCCC)CCCNC(=O)COC. The maximum atomic E-state index is 12.4. The van der Waals surface area contributed by atoms with Gasteiger partial charge in [0.05, 0.1) is 6.61 Å². The number of hydrogen-bond donors (Lipinski definition) is 1. The predicted octanol–water partition coefficient (Wildman–Crippen LogP) is 9.32. The molecule has 0 heterocycles. The van der Waals surface area contributed by atoms with Gasteiger partial charge < -0.3 is 24.4 Å². The fourth-order valence-electron chi connectivity index (χ4n) is 5.84. The summed E-state index contributed by atoms with van der Waals surface area (Å²) in [6, 6.07) is 0. The van der Waals surface area contributed by atoms with Crippen LogP contribution < -0.4 is 5.32 Å². The van der Waals surface area contributed by atoms with Gasteiger partial charge in [0.25, 0.3) is 0 Å². The second-order valence-electron chi connectivity index (χ2n) is 13.4. The minimum Gasteiger partial charge on any atom is -0.466 e. The molecule has 1 unspecified atom stereocenters. The van der Waals surface area contributed by atoms with Crippen molar-refractivity contribution in [3.05, 3.63) is 0 Å². The van der Waals surface area contributed by atoms with Crippen molar-refractivity contribution in [1.82, 2.24) is 10.2 Å². The maximum absolute atomic E-state index is 12.4. The number of nitrogens with one attached hydrogen (secondary N) is 1.